The fourth-order valence-corrected chi connectivity index (χ4v) is 3.86. The van der Waals surface area contributed by atoms with Crippen molar-refractivity contribution in [2.45, 2.75) is 52.3 Å². The van der Waals surface area contributed by atoms with E-state index >= 15 is 0 Å². The molecule has 94 valence electrons. The Morgan fingerprint density at radius 1 is 1.29 bits per heavy atom. The van der Waals surface area contributed by atoms with Gasteiger partial charge in [-0.05, 0) is 66.8 Å². The average Bonchev–Trinajstić information content (AvgIpc) is 2.31. The number of hydrogen-bond donors (Lipinski definition) is 0. The third kappa shape index (κ3) is 2.48. The molecule has 0 aromatic heterocycles. The average molecular weight is 271 g/mol. The number of halogens is 2. The van der Waals surface area contributed by atoms with E-state index in [9.17, 15) is 0 Å². The van der Waals surface area contributed by atoms with Crippen LogP contribution < -0.4 is 0 Å². The summed E-state index contributed by atoms with van der Waals surface area (Å²) in [6, 6.07) is 2.08. The first-order valence-corrected chi connectivity index (χ1v) is 7.06. The van der Waals surface area contributed by atoms with Gasteiger partial charge in [0.2, 0.25) is 0 Å². The van der Waals surface area contributed by atoms with Crippen molar-refractivity contribution in [3.8, 4) is 0 Å². The molecule has 0 fully saturated rings. The van der Waals surface area contributed by atoms with Crippen LogP contribution in [0.25, 0.3) is 0 Å². The molecule has 0 saturated carbocycles. The maximum atomic E-state index is 6.63. The molecule has 0 radical (unpaired) electrons. The summed E-state index contributed by atoms with van der Waals surface area (Å²) in [6.45, 7) is 8.87. The number of benzene rings is 1. The van der Waals surface area contributed by atoms with Crippen molar-refractivity contribution in [2.75, 3.05) is 0 Å². The highest BCUT2D eigenvalue weighted by molar-refractivity contribution is 6.32. The molecular formula is C15H20Cl2. The first kappa shape index (κ1) is 13.2. The lowest BCUT2D eigenvalue weighted by Crippen LogP contribution is -2.12. The van der Waals surface area contributed by atoms with Crippen molar-refractivity contribution in [3.63, 3.8) is 0 Å². The molecule has 0 aliphatic heterocycles. The van der Waals surface area contributed by atoms with E-state index in [-0.39, 0.29) is 5.38 Å². The first-order chi connectivity index (χ1) is 7.82. The summed E-state index contributed by atoms with van der Waals surface area (Å²) < 4.78 is 0. The van der Waals surface area contributed by atoms with Gasteiger partial charge < -0.3 is 0 Å². The molecule has 1 aliphatic carbocycles. The van der Waals surface area contributed by atoms with E-state index in [1.807, 2.05) is 0 Å². The lowest BCUT2D eigenvalue weighted by molar-refractivity contribution is 0.313. The van der Waals surface area contributed by atoms with Crippen LogP contribution in [0.1, 0.15) is 54.3 Å². The van der Waals surface area contributed by atoms with Gasteiger partial charge in [-0.25, -0.2) is 0 Å². The van der Waals surface area contributed by atoms with Crippen LogP contribution in [-0.2, 0) is 6.42 Å². The highest BCUT2D eigenvalue weighted by Gasteiger charge is 2.30. The largest absolute Gasteiger partial charge is 0.118 e. The predicted molar refractivity (Wildman–Crippen MR) is 76.2 cm³/mol. The van der Waals surface area contributed by atoms with Crippen LogP contribution in [0.3, 0.4) is 0 Å². The third-order valence-electron chi connectivity index (χ3n) is 4.05. The minimum atomic E-state index is 0.0971. The lowest BCUT2D eigenvalue weighted by atomic mass is 9.84. The summed E-state index contributed by atoms with van der Waals surface area (Å²) in [5, 5.41) is 0.992. The van der Waals surface area contributed by atoms with Gasteiger partial charge in [0.25, 0.3) is 0 Å². The Bertz CT molecular complexity index is 447. The summed E-state index contributed by atoms with van der Waals surface area (Å²) in [5.74, 6) is 0. The first-order valence-electron chi connectivity index (χ1n) is 6.24. The van der Waals surface area contributed by atoms with Crippen molar-refractivity contribution < 1.29 is 0 Å². The maximum absolute atomic E-state index is 6.63. The minimum Gasteiger partial charge on any atom is -0.118 e. The Morgan fingerprint density at radius 3 is 2.59 bits per heavy atom. The van der Waals surface area contributed by atoms with Gasteiger partial charge in [-0.15, -0.1) is 11.6 Å². The monoisotopic (exact) mass is 270 g/mol. The van der Waals surface area contributed by atoms with Crippen LogP contribution in [0.4, 0.5) is 0 Å². The fourth-order valence-electron chi connectivity index (χ4n) is 2.78. The van der Waals surface area contributed by atoms with Gasteiger partial charge in [0, 0.05) is 5.02 Å². The molecule has 1 aliphatic rings. The number of alkyl halides is 1. The fraction of sp³-hybridized carbons (Fsp3) is 0.600. The van der Waals surface area contributed by atoms with E-state index in [2.05, 4.69) is 33.8 Å². The van der Waals surface area contributed by atoms with E-state index in [4.69, 9.17) is 23.2 Å². The smallest absolute Gasteiger partial charge is 0.0596 e. The molecule has 2 rings (SSSR count). The minimum absolute atomic E-state index is 0.0971. The van der Waals surface area contributed by atoms with Crippen LogP contribution in [-0.4, -0.2) is 0 Å². The van der Waals surface area contributed by atoms with Gasteiger partial charge in [0.05, 0.1) is 5.38 Å². The Labute approximate surface area is 114 Å². The van der Waals surface area contributed by atoms with E-state index < -0.39 is 0 Å². The summed E-state index contributed by atoms with van der Waals surface area (Å²) in [6.07, 6.45) is 3.24. The van der Waals surface area contributed by atoms with Crippen LogP contribution in [0.2, 0.25) is 5.02 Å². The maximum Gasteiger partial charge on any atom is 0.0596 e. The number of fused-ring (bicyclic) bond motifs is 1. The Kier molecular flexibility index (Phi) is 3.49. The Hall–Kier alpha value is -0.200. The van der Waals surface area contributed by atoms with Crippen LogP contribution in [0, 0.1) is 19.3 Å². The molecule has 0 nitrogen and oxygen atoms in total. The zero-order chi connectivity index (χ0) is 12.8. The van der Waals surface area contributed by atoms with Gasteiger partial charge in [0.1, 0.15) is 0 Å². The second kappa shape index (κ2) is 4.48. The molecule has 0 amide bonds. The number of hydrogen-bond acceptors (Lipinski definition) is 0. The van der Waals surface area contributed by atoms with E-state index in [0.717, 1.165) is 24.3 Å². The number of rotatable bonds is 0. The zero-order valence-electron chi connectivity index (χ0n) is 11.0. The molecule has 1 aromatic carbocycles. The predicted octanol–water partition coefficient (Wildman–Crippen LogP) is 5.60. The molecule has 1 atom stereocenters. The van der Waals surface area contributed by atoms with E-state index in [1.54, 1.807) is 0 Å². The molecule has 0 N–H and O–H groups in total. The normalized spacial score (nSPS) is 23.1. The quantitative estimate of drug-likeness (QED) is 0.425. The summed E-state index contributed by atoms with van der Waals surface area (Å²) in [7, 11) is 0. The summed E-state index contributed by atoms with van der Waals surface area (Å²) in [4.78, 5) is 0. The lowest BCUT2D eigenvalue weighted by Gasteiger charge is -2.24. The highest BCUT2D eigenvalue weighted by Crippen LogP contribution is 2.46. The molecular weight excluding hydrogens is 251 g/mol. The van der Waals surface area contributed by atoms with E-state index in [1.165, 1.54) is 22.3 Å². The van der Waals surface area contributed by atoms with E-state index in [0.29, 0.717) is 5.41 Å². The standard InChI is InChI=1S/C15H20Cl2/c1-9-7-12(16)11-5-6-15(3,4)8-13(17)14(11)10(9)2/h7,13H,5-6,8H2,1-4H3. The molecule has 2 heteroatoms. The van der Waals surface area contributed by atoms with Crippen LogP contribution >= 0.6 is 23.2 Å². The van der Waals surface area contributed by atoms with Gasteiger partial charge in [0.15, 0.2) is 0 Å². The van der Waals surface area contributed by atoms with Gasteiger partial charge >= 0.3 is 0 Å². The molecule has 0 heterocycles. The summed E-state index contributed by atoms with van der Waals surface area (Å²) in [5.41, 5.74) is 5.44. The zero-order valence-corrected chi connectivity index (χ0v) is 12.5. The second-order valence-electron chi connectivity index (χ2n) is 6.03. The molecule has 0 bridgehead atoms. The molecule has 1 aromatic rings. The summed E-state index contributed by atoms with van der Waals surface area (Å²) >= 11 is 13.0. The molecule has 17 heavy (non-hydrogen) atoms. The van der Waals surface area contributed by atoms with Crippen LogP contribution in [0.15, 0.2) is 6.07 Å². The van der Waals surface area contributed by atoms with Crippen molar-refractivity contribution in [1.29, 1.82) is 0 Å². The third-order valence-corrected chi connectivity index (χ3v) is 4.76. The Balaban J connectivity index is 2.59. The second-order valence-corrected chi connectivity index (χ2v) is 6.96. The molecule has 0 spiro atoms. The van der Waals surface area contributed by atoms with Crippen molar-refractivity contribution in [3.05, 3.63) is 33.3 Å². The van der Waals surface area contributed by atoms with Crippen LogP contribution in [0.5, 0.6) is 0 Å². The number of aryl methyl sites for hydroxylation is 1. The van der Waals surface area contributed by atoms with Crippen molar-refractivity contribution in [2.24, 2.45) is 5.41 Å². The highest BCUT2D eigenvalue weighted by atomic mass is 35.5. The van der Waals surface area contributed by atoms with Gasteiger partial charge in [-0.3, -0.25) is 0 Å². The van der Waals surface area contributed by atoms with Crippen molar-refractivity contribution >= 4 is 23.2 Å². The van der Waals surface area contributed by atoms with Gasteiger partial charge in [-0.1, -0.05) is 25.4 Å². The Morgan fingerprint density at radius 2 is 1.94 bits per heavy atom. The topological polar surface area (TPSA) is 0 Å². The SMILES string of the molecule is Cc1cc(Cl)c2c(c1C)C(Cl)CC(C)(C)CC2. The molecule has 1 unspecified atom stereocenters. The molecule has 0 saturated heterocycles. The van der Waals surface area contributed by atoms with Gasteiger partial charge in [-0.2, -0.15) is 0 Å². The van der Waals surface area contributed by atoms with Crippen molar-refractivity contribution in [1.82, 2.24) is 0 Å².